The van der Waals surface area contributed by atoms with E-state index in [9.17, 15) is 0 Å². The van der Waals surface area contributed by atoms with Gasteiger partial charge in [0, 0.05) is 18.1 Å². The van der Waals surface area contributed by atoms with E-state index in [4.69, 9.17) is 0 Å². The third-order valence-corrected chi connectivity index (χ3v) is 4.99. The highest BCUT2D eigenvalue weighted by Gasteiger charge is 2.52. The van der Waals surface area contributed by atoms with Crippen LogP contribution in [0.4, 0.5) is 0 Å². The average molecular weight is 257 g/mol. The molecule has 0 saturated heterocycles. The van der Waals surface area contributed by atoms with Crippen LogP contribution in [0.25, 0.3) is 0 Å². The topological polar surface area (TPSA) is 3.24 Å². The van der Waals surface area contributed by atoms with Crippen LogP contribution in [0, 0.1) is 0 Å². The lowest BCUT2D eigenvalue weighted by Crippen LogP contribution is -2.45. The Kier molecular flexibility index (Phi) is 2.83. The van der Waals surface area contributed by atoms with Crippen LogP contribution in [0.5, 0.6) is 0 Å². The van der Waals surface area contributed by atoms with E-state index >= 15 is 0 Å². The van der Waals surface area contributed by atoms with Crippen LogP contribution in [0.2, 0.25) is 0 Å². The molecule has 1 heteroatoms. The molecule has 1 fully saturated rings. The minimum Gasteiger partial charge on any atom is -0.291 e. The van der Waals surface area contributed by atoms with E-state index in [1.165, 1.54) is 31.4 Å². The van der Waals surface area contributed by atoms with Crippen LogP contribution in [-0.2, 0) is 17.4 Å². The molecule has 0 aromatic heterocycles. The van der Waals surface area contributed by atoms with E-state index in [1.54, 1.807) is 11.1 Å². The van der Waals surface area contributed by atoms with E-state index in [0.717, 1.165) is 0 Å². The molecule has 1 aromatic rings. The molecule has 1 spiro atoms. The van der Waals surface area contributed by atoms with Crippen molar-refractivity contribution in [1.82, 2.24) is 4.90 Å². The van der Waals surface area contributed by atoms with Crippen molar-refractivity contribution >= 4 is 0 Å². The monoisotopic (exact) mass is 257 g/mol. The third-order valence-electron chi connectivity index (χ3n) is 4.99. The van der Waals surface area contributed by atoms with Gasteiger partial charge in [0.2, 0.25) is 0 Å². The fraction of sp³-hybridized carbons (Fsp3) is 0.667. The Morgan fingerprint density at radius 3 is 2.37 bits per heavy atom. The second-order valence-electron chi connectivity index (χ2n) is 7.69. The Balaban J connectivity index is 2.02. The first kappa shape index (κ1) is 13.2. The summed E-state index contributed by atoms with van der Waals surface area (Å²) in [5.41, 5.74) is 5.39. The van der Waals surface area contributed by atoms with Gasteiger partial charge in [0.1, 0.15) is 0 Å². The lowest BCUT2D eigenvalue weighted by Gasteiger charge is -2.41. The van der Waals surface area contributed by atoms with Gasteiger partial charge < -0.3 is 0 Å². The first-order valence-corrected chi connectivity index (χ1v) is 7.75. The summed E-state index contributed by atoms with van der Waals surface area (Å²) in [6.45, 7) is 12.8. The number of fused-ring (bicyclic) bond motifs is 2. The van der Waals surface area contributed by atoms with Gasteiger partial charge in [0.15, 0.2) is 0 Å². The molecular formula is C18H27N. The van der Waals surface area contributed by atoms with Crippen molar-refractivity contribution in [2.24, 2.45) is 0 Å². The fourth-order valence-corrected chi connectivity index (χ4v) is 3.76. The molecule has 104 valence electrons. The summed E-state index contributed by atoms with van der Waals surface area (Å²) in [4.78, 5) is 2.73. The van der Waals surface area contributed by atoms with Crippen LogP contribution >= 0.6 is 0 Å². The van der Waals surface area contributed by atoms with Gasteiger partial charge in [-0.15, -0.1) is 0 Å². The highest BCUT2D eigenvalue weighted by Crippen LogP contribution is 2.55. The van der Waals surface area contributed by atoms with Crippen LogP contribution in [0.1, 0.15) is 64.2 Å². The van der Waals surface area contributed by atoms with E-state index in [1.807, 2.05) is 0 Å². The number of hydrogen-bond donors (Lipinski definition) is 0. The molecule has 1 aliphatic carbocycles. The summed E-state index contributed by atoms with van der Waals surface area (Å²) in [5.74, 6) is 0. The van der Waals surface area contributed by atoms with Crippen LogP contribution in [0.15, 0.2) is 18.2 Å². The van der Waals surface area contributed by atoms with Gasteiger partial charge in [-0.1, -0.05) is 39.0 Å². The van der Waals surface area contributed by atoms with Crippen molar-refractivity contribution < 1.29 is 0 Å². The number of benzene rings is 1. The normalized spacial score (nSPS) is 21.8. The van der Waals surface area contributed by atoms with Crippen molar-refractivity contribution in [3.63, 3.8) is 0 Å². The smallest absolute Gasteiger partial charge is 0.0467 e. The Morgan fingerprint density at radius 1 is 1.16 bits per heavy atom. The molecule has 1 aliphatic heterocycles. The van der Waals surface area contributed by atoms with E-state index in [-0.39, 0.29) is 5.41 Å². The quantitative estimate of drug-likeness (QED) is 0.727. The minimum atomic E-state index is 0.265. The highest BCUT2D eigenvalue weighted by atomic mass is 15.3. The van der Waals surface area contributed by atoms with Gasteiger partial charge in [-0.3, -0.25) is 4.90 Å². The molecule has 1 aromatic carbocycles. The molecule has 0 N–H and O–H groups in total. The molecule has 0 bridgehead atoms. The molecule has 0 amide bonds. The van der Waals surface area contributed by atoms with Crippen molar-refractivity contribution in [3.05, 3.63) is 34.9 Å². The molecule has 0 unspecified atom stereocenters. The Hall–Kier alpha value is -0.820. The van der Waals surface area contributed by atoms with Crippen molar-refractivity contribution in [1.29, 1.82) is 0 Å². The van der Waals surface area contributed by atoms with Crippen LogP contribution < -0.4 is 0 Å². The van der Waals surface area contributed by atoms with Crippen LogP contribution in [0.3, 0.4) is 0 Å². The van der Waals surface area contributed by atoms with Crippen molar-refractivity contribution in [2.45, 2.75) is 70.9 Å². The largest absolute Gasteiger partial charge is 0.291 e. The highest BCUT2D eigenvalue weighted by molar-refractivity contribution is 5.44. The van der Waals surface area contributed by atoms with Gasteiger partial charge in [-0.25, -0.2) is 0 Å². The summed E-state index contributed by atoms with van der Waals surface area (Å²) >= 11 is 0. The maximum Gasteiger partial charge on any atom is 0.0467 e. The minimum absolute atomic E-state index is 0.265. The van der Waals surface area contributed by atoms with Crippen molar-refractivity contribution in [2.75, 3.05) is 6.54 Å². The SMILES string of the molecule is CC(C)N1CCc2cc(C(C)(C)C)ccc2C12CC2. The number of rotatable bonds is 1. The van der Waals surface area contributed by atoms with Crippen molar-refractivity contribution in [3.8, 4) is 0 Å². The number of nitrogens with zero attached hydrogens (tertiary/aromatic N) is 1. The molecular weight excluding hydrogens is 230 g/mol. The Bertz CT molecular complexity index is 489. The summed E-state index contributed by atoms with van der Waals surface area (Å²) < 4.78 is 0. The standard InChI is InChI=1S/C18H27N/c1-13(2)19-11-8-14-12-15(17(3,4)5)6-7-16(14)18(19)9-10-18/h6-7,12-13H,8-11H2,1-5H3. The van der Waals surface area contributed by atoms with Gasteiger partial charge in [-0.05, 0) is 55.2 Å². The maximum atomic E-state index is 2.73. The molecule has 19 heavy (non-hydrogen) atoms. The maximum absolute atomic E-state index is 2.73. The second kappa shape index (κ2) is 4.09. The molecule has 1 heterocycles. The Morgan fingerprint density at radius 2 is 1.84 bits per heavy atom. The summed E-state index contributed by atoms with van der Waals surface area (Å²) in [7, 11) is 0. The van der Waals surface area contributed by atoms with Gasteiger partial charge in [-0.2, -0.15) is 0 Å². The van der Waals surface area contributed by atoms with E-state index < -0.39 is 0 Å². The molecule has 1 nitrogen and oxygen atoms in total. The third kappa shape index (κ3) is 2.03. The van der Waals surface area contributed by atoms with E-state index in [0.29, 0.717) is 11.6 Å². The van der Waals surface area contributed by atoms with E-state index in [2.05, 4.69) is 57.7 Å². The second-order valence-corrected chi connectivity index (χ2v) is 7.69. The van der Waals surface area contributed by atoms with Gasteiger partial charge in [0.05, 0.1) is 0 Å². The summed E-state index contributed by atoms with van der Waals surface area (Å²) in [5, 5.41) is 0. The molecule has 2 aliphatic rings. The zero-order valence-corrected chi connectivity index (χ0v) is 13.1. The zero-order chi connectivity index (χ0) is 13.8. The first-order chi connectivity index (χ1) is 8.84. The predicted molar refractivity (Wildman–Crippen MR) is 81.6 cm³/mol. The molecule has 1 saturated carbocycles. The van der Waals surface area contributed by atoms with Gasteiger partial charge >= 0.3 is 0 Å². The first-order valence-electron chi connectivity index (χ1n) is 7.75. The zero-order valence-electron chi connectivity index (χ0n) is 13.1. The molecule has 0 radical (unpaired) electrons. The van der Waals surface area contributed by atoms with Gasteiger partial charge in [0.25, 0.3) is 0 Å². The lowest BCUT2D eigenvalue weighted by atomic mass is 9.81. The van der Waals surface area contributed by atoms with Crippen LogP contribution in [-0.4, -0.2) is 17.5 Å². The summed E-state index contributed by atoms with van der Waals surface area (Å²) in [6, 6.07) is 7.94. The predicted octanol–water partition coefficient (Wildman–Crippen LogP) is 4.24. The molecule has 0 atom stereocenters. The number of hydrogen-bond acceptors (Lipinski definition) is 1. The molecule has 3 rings (SSSR count). The lowest BCUT2D eigenvalue weighted by molar-refractivity contribution is 0.123. The fourth-order valence-electron chi connectivity index (χ4n) is 3.76. The Labute approximate surface area is 118 Å². The summed E-state index contributed by atoms with van der Waals surface area (Å²) in [6.07, 6.45) is 3.93. The average Bonchev–Trinajstić information content (AvgIpc) is 3.08.